The molecule has 0 unspecified atom stereocenters. The molecule has 0 aromatic heterocycles. The van der Waals surface area contributed by atoms with E-state index in [0.29, 0.717) is 6.54 Å². The Hall–Kier alpha value is -2.11. The lowest BCUT2D eigenvalue weighted by Crippen LogP contribution is -2.57. The van der Waals surface area contributed by atoms with Gasteiger partial charge in [-0.2, -0.15) is 0 Å². The van der Waals surface area contributed by atoms with Crippen LogP contribution in [-0.2, 0) is 14.4 Å². The van der Waals surface area contributed by atoms with E-state index < -0.39 is 23.5 Å². The average Bonchev–Trinajstić information content (AvgIpc) is 2.96. The van der Waals surface area contributed by atoms with E-state index in [1.807, 2.05) is 32.8 Å². The fraction of sp³-hybridized carbons (Fsp3) is 0.722. The van der Waals surface area contributed by atoms with E-state index >= 15 is 0 Å². The van der Waals surface area contributed by atoms with Crippen LogP contribution in [0.2, 0.25) is 0 Å². The zero-order chi connectivity index (χ0) is 20.1. The summed E-state index contributed by atoms with van der Waals surface area (Å²) in [5.74, 6) is 3.89. The molecule has 1 saturated heterocycles. The van der Waals surface area contributed by atoms with Crippen molar-refractivity contribution in [3.63, 3.8) is 0 Å². The number of hydrogen-bond donors (Lipinski definition) is 2. The third kappa shape index (κ3) is 5.19. The number of β-amino-alcohol motifs (C(OH)–C–C–N with tert-alkyl or cyclic N) is 1. The van der Waals surface area contributed by atoms with Crippen LogP contribution in [0, 0.1) is 17.8 Å². The maximum Gasteiger partial charge on any atom is 0.298 e. The Balaban J connectivity index is 2.84. The number of aliphatic hydroxyl groups is 1. The number of likely N-dealkylation sites (tertiary alicyclic amines) is 1. The van der Waals surface area contributed by atoms with Gasteiger partial charge in [0.25, 0.3) is 11.8 Å². The summed E-state index contributed by atoms with van der Waals surface area (Å²) in [6.07, 6.45) is 0.121. The Morgan fingerprint density at radius 1 is 1.27 bits per heavy atom. The van der Waals surface area contributed by atoms with Crippen LogP contribution in [0.25, 0.3) is 0 Å². The van der Waals surface area contributed by atoms with Gasteiger partial charge in [0.2, 0.25) is 5.91 Å². The molecule has 1 aliphatic rings. The molecule has 8 heteroatoms. The molecule has 2 atom stereocenters. The van der Waals surface area contributed by atoms with Gasteiger partial charge in [0, 0.05) is 27.1 Å². The largest absolute Gasteiger partial charge is 0.378 e. The fourth-order valence-electron chi connectivity index (χ4n) is 3.02. The van der Waals surface area contributed by atoms with Crippen molar-refractivity contribution in [1.82, 2.24) is 20.0 Å². The highest BCUT2D eigenvalue weighted by Gasteiger charge is 2.47. The SMILES string of the molecule is CNC(=O)[C@H](C(C)C)N(C)C(=O)[C@]1(O)CCN(C(=O)C#CCN(C)C)C1. The van der Waals surface area contributed by atoms with Crippen molar-refractivity contribution in [1.29, 1.82) is 0 Å². The van der Waals surface area contributed by atoms with Crippen molar-refractivity contribution in [2.24, 2.45) is 5.92 Å². The van der Waals surface area contributed by atoms with Crippen molar-refractivity contribution in [2.75, 3.05) is 47.8 Å². The van der Waals surface area contributed by atoms with Gasteiger partial charge in [0.15, 0.2) is 5.60 Å². The lowest BCUT2D eigenvalue weighted by atomic mass is 9.96. The maximum atomic E-state index is 12.8. The van der Waals surface area contributed by atoms with Gasteiger partial charge in [-0.05, 0) is 25.9 Å². The molecule has 1 fully saturated rings. The van der Waals surface area contributed by atoms with Gasteiger partial charge < -0.3 is 20.2 Å². The van der Waals surface area contributed by atoms with Crippen molar-refractivity contribution in [2.45, 2.75) is 31.9 Å². The molecule has 26 heavy (non-hydrogen) atoms. The summed E-state index contributed by atoms with van der Waals surface area (Å²) in [6, 6.07) is -0.693. The molecule has 0 radical (unpaired) electrons. The monoisotopic (exact) mass is 366 g/mol. The van der Waals surface area contributed by atoms with Crippen LogP contribution in [0.15, 0.2) is 0 Å². The van der Waals surface area contributed by atoms with Crippen LogP contribution in [0.1, 0.15) is 20.3 Å². The molecule has 0 bridgehead atoms. The highest BCUT2D eigenvalue weighted by atomic mass is 16.3. The van der Waals surface area contributed by atoms with E-state index in [0.717, 1.165) is 0 Å². The number of rotatable bonds is 5. The molecule has 1 heterocycles. The molecule has 2 N–H and O–H groups in total. The Bertz CT molecular complexity index is 608. The van der Waals surface area contributed by atoms with Crippen LogP contribution < -0.4 is 5.32 Å². The molecule has 0 spiro atoms. The first-order valence-electron chi connectivity index (χ1n) is 8.67. The standard InChI is InChI=1S/C18H30N4O4/c1-13(2)15(16(24)19-3)21(6)17(25)18(26)9-11-22(12-18)14(23)8-7-10-20(4)5/h13,15,26H,9-12H2,1-6H3,(H,19,24)/t15-,18-/m0/s1. The summed E-state index contributed by atoms with van der Waals surface area (Å²) in [5, 5.41) is 13.3. The number of carbonyl (C=O) groups excluding carboxylic acids is 3. The van der Waals surface area contributed by atoms with Gasteiger partial charge in [-0.1, -0.05) is 19.8 Å². The lowest BCUT2D eigenvalue weighted by molar-refractivity contribution is -0.155. The normalized spacial score (nSPS) is 20.6. The average molecular weight is 366 g/mol. The molecule has 0 aliphatic carbocycles. The highest BCUT2D eigenvalue weighted by Crippen LogP contribution is 2.25. The molecule has 0 aromatic rings. The van der Waals surface area contributed by atoms with Gasteiger partial charge in [-0.3, -0.25) is 19.3 Å². The predicted molar refractivity (Wildman–Crippen MR) is 97.9 cm³/mol. The number of carbonyl (C=O) groups is 3. The highest BCUT2D eigenvalue weighted by molar-refractivity contribution is 5.96. The minimum atomic E-state index is -1.70. The topological polar surface area (TPSA) is 93.2 Å². The minimum Gasteiger partial charge on any atom is -0.378 e. The second-order valence-corrected chi connectivity index (χ2v) is 7.27. The number of nitrogens with zero attached hydrogens (tertiary/aromatic N) is 3. The number of amides is 3. The molecule has 1 rings (SSSR count). The Labute approximate surface area is 155 Å². The van der Waals surface area contributed by atoms with E-state index in [4.69, 9.17) is 0 Å². The Kier molecular flexibility index (Phi) is 7.60. The van der Waals surface area contributed by atoms with E-state index in [2.05, 4.69) is 17.2 Å². The molecule has 1 aliphatic heterocycles. The molecule has 8 nitrogen and oxygen atoms in total. The van der Waals surface area contributed by atoms with E-state index in [-0.39, 0.29) is 31.3 Å². The van der Waals surface area contributed by atoms with Crippen molar-refractivity contribution in [3.05, 3.63) is 0 Å². The van der Waals surface area contributed by atoms with Crippen LogP contribution in [0.3, 0.4) is 0 Å². The van der Waals surface area contributed by atoms with E-state index in [1.54, 1.807) is 0 Å². The first-order chi connectivity index (χ1) is 12.0. The molecule has 0 saturated carbocycles. The Morgan fingerprint density at radius 2 is 1.88 bits per heavy atom. The van der Waals surface area contributed by atoms with Crippen molar-refractivity contribution < 1.29 is 19.5 Å². The molecule has 146 valence electrons. The summed E-state index contributed by atoms with van der Waals surface area (Å²) >= 11 is 0. The van der Waals surface area contributed by atoms with E-state index in [1.165, 1.54) is 23.9 Å². The summed E-state index contributed by atoms with van der Waals surface area (Å²) in [5.41, 5.74) is -1.70. The van der Waals surface area contributed by atoms with Crippen LogP contribution in [0.4, 0.5) is 0 Å². The lowest BCUT2D eigenvalue weighted by Gasteiger charge is -2.34. The molecule has 0 aromatic carbocycles. The minimum absolute atomic E-state index is 0.121. The number of hydrogen-bond acceptors (Lipinski definition) is 5. The molecular formula is C18H30N4O4. The van der Waals surface area contributed by atoms with Crippen molar-refractivity contribution in [3.8, 4) is 11.8 Å². The van der Waals surface area contributed by atoms with Gasteiger partial charge in [-0.25, -0.2) is 0 Å². The quantitative estimate of drug-likeness (QED) is 0.593. The van der Waals surface area contributed by atoms with Gasteiger partial charge in [0.05, 0.1) is 13.1 Å². The smallest absolute Gasteiger partial charge is 0.298 e. The second kappa shape index (κ2) is 9.01. The van der Waals surface area contributed by atoms with Gasteiger partial charge in [-0.15, -0.1) is 0 Å². The van der Waals surface area contributed by atoms with E-state index in [9.17, 15) is 19.5 Å². The summed E-state index contributed by atoms with van der Waals surface area (Å²) in [4.78, 5) is 41.5. The first kappa shape index (κ1) is 21.9. The maximum absolute atomic E-state index is 12.8. The van der Waals surface area contributed by atoms with Gasteiger partial charge in [0.1, 0.15) is 6.04 Å². The van der Waals surface area contributed by atoms with Crippen LogP contribution >= 0.6 is 0 Å². The molecule has 3 amide bonds. The second-order valence-electron chi connectivity index (χ2n) is 7.27. The third-order valence-corrected chi connectivity index (χ3v) is 4.41. The summed E-state index contributed by atoms with van der Waals surface area (Å²) in [6.45, 7) is 4.24. The van der Waals surface area contributed by atoms with Crippen LogP contribution in [-0.4, -0.2) is 97.0 Å². The summed E-state index contributed by atoms with van der Waals surface area (Å²) in [7, 11) is 6.70. The van der Waals surface area contributed by atoms with Crippen molar-refractivity contribution >= 4 is 17.7 Å². The van der Waals surface area contributed by atoms with Crippen LogP contribution in [0.5, 0.6) is 0 Å². The predicted octanol–water partition coefficient (Wildman–Crippen LogP) is -1.26. The zero-order valence-corrected chi connectivity index (χ0v) is 16.5. The first-order valence-corrected chi connectivity index (χ1v) is 8.67. The number of likely N-dealkylation sites (N-methyl/N-ethyl adjacent to an activating group) is 2. The third-order valence-electron chi connectivity index (χ3n) is 4.41. The summed E-state index contributed by atoms with van der Waals surface area (Å²) < 4.78 is 0. The van der Waals surface area contributed by atoms with Gasteiger partial charge >= 0.3 is 0 Å². The number of nitrogens with one attached hydrogen (secondary N) is 1. The Morgan fingerprint density at radius 3 is 2.38 bits per heavy atom. The molecular weight excluding hydrogens is 336 g/mol. The fourth-order valence-corrected chi connectivity index (χ4v) is 3.02. The zero-order valence-electron chi connectivity index (χ0n) is 16.5.